The van der Waals surface area contributed by atoms with Crippen LogP contribution in [0, 0.1) is 11.3 Å². The Kier molecular flexibility index (Phi) is 11.6. The number of nitrogens with one attached hydrogen (secondary N) is 2. The zero-order valence-corrected chi connectivity index (χ0v) is 36.6. The Hall–Kier alpha value is -4.66. The summed E-state index contributed by atoms with van der Waals surface area (Å²) in [6.45, 7) is 10.4. The number of benzene rings is 2. The molecule has 3 aliphatic heterocycles. The average Bonchev–Trinajstić information content (AvgIpc) is 3.60. The number of anilines is 3. The predicted octanol–water partition coefficient (Wildman–Crippen LogP) is 5.78. The van der Waals surface area contributed by atoms with Crippen LogP contribution in [0.4, 0.5) is 36.6 Å². The van der Waals surface area contributed by atoms with E-state index in [-0.39, 0.29) is 60.2 Å². The number of carbonyl (C=O) groups excluding carboxylic acids is 3. The van der Waals surface area contributed by atoms with Crippen LogP contribution in [-0.4, -0.2) is 128 Å². The van der Waals surface area contributed by atoms with E-state index in [1.54, 1.807) is 41.4 Å². The molecule has 0 spiro atoms. The Morgan fingerprint density at radius 3 is 2.39 bits per heavy atom. The number of aliphatic hydroxyl groups is 1. The van der Waals surface area contributed by atoms with Gasteiger partial charge in [-0.3, -0.25) is 33.8 Å². The van der Waals surface area contributed by atoms with Gasteiger partial charge in [0, 0.05) is 63.2 Å². The number of nitriles is 1. The number of fused-ring (bicyclic) bond motifs is 1. The first-order valence-corrected chi connectivity index (χ1v) is 22.8. The summed E-state index contributed by atoms with van der Waals surface area (Å²) >= 11 is 5.63. The number of halogens is 5. The smallest absolute Gasteiger partial charge is 0.311 e. The highest BCUT2D eigenvalue weighted by molar-refractivity contribution is 8.45. The summed E-state index contributed by atoms with van der Waals surface area (Å²) in [5, 5.41) is 30.4. The van der Waals surface area contributed by atoms with Crippen LogP contribution in [0.5, 0.6) is 0 Å². The quantitative estimate of drug-likeness (QED) is 0.158. The highest BCUT2D eigenvalue weighted by atomic mass is 32.5. The molecule has 4 fully saturated rings. The minimum atomic E-state index is -10.3. The second-order valence-electron chi connectivity index (χ2n) is 17.1. The molecule has 4 heterocycles. The first-order chi connectivity index (χ1) is 28.9. The van der Waals surface area contributed by atoms with Gasteiger partial charge in [-0.25, -0.2) is 0 Å². The molecule has 1 aromatic heterocycles. The minimum Gasteiger partial charge on any atom is -0.377 e. The van der Waals surface area contributed by atoms with Crippen molar-refractivity contribution in [1.29, 1.82) is 5.26 Å². The normalized spacial score (nSPS) is 26.3. The van der Waals surface area contributed by atoms with E-state index in [1.165, 1.54) is 6.07 Å². The Labute approximate surface area is 361 Å². The molecule has 1 saturated carbocycles. The van der Waals surface area contributed by atoms with Gasteiger partial charge in [0.25, 0.3) is 5.91 Å². The van der Waals surface area contributed by atoms with Gasteiger partial charge in [-0.1, -0.05) is 25.5 Å². The lowest BCUT2D eigenvalue weighted by Crippen LogP contribution is -2.58. The highest BCUT2D eigenvalue weighted by Gasteiger charge is 2.67. The van der Waals surface area contributed by atoms with E-state index in [2.05, 4.69) is 39.4 Å². The third-order valence-corrected chi connectivity index (χ3v) is 13.9. The summed E-state index contributed by atoms with van der Waals surface area (Å²) in [5.74, 6) is -0.581. The number of hydrogen-bond acceptors (Lipinski definition) is 11. The molecule has 1 unspecified atom stereocenters. The first kappa shape index (κ1) is 45.4. The average molecular weight is 911 g/mol. The Morgan fingerprint density at radius 1 is 1.08 bits per heavy atom. The molecule has 7 rings (SSSR count). The van der Waals surface area contributed by atoms with Crippen LogP contribution in [0.1, 0.15) is 65.4 Å². The van der Waals surface area contributed by atoms with Crippen molar-refractivity contribution in [2.75, 3.05) is 54.4 Å². The number of amides is 3. The fourth-order valence-corrected chi connectivity index (χ4v) is 10.8. The van der Waals surface area contributed by atoms with Crippen molar-refractivity contribution in [1.82, 2.24) is 29.8 Å². The molecule has 3 N–H and O–H groups in total. The van der Waals surface area contributed by atoms with Gasteiger partial charge < -0.3 is 30.3 Å². The number of rotatable bonds is 11. The fraction of sp³-hybridized carbons (Fsp3) is 0.550. The maximum absolute atomic E-state index is 13.9. The monoisotopic (exact) mass is 910 g/mol. The van der Waals surface area contributed by atoms with Crippen LogP contribution >= 0.6 is 22.4 Å². The fourth-order valence-electron chi connectivity index (χ4n) is 9.34. The molecule has 0 radical (unpaired) electrons. The van der Waals surface area contributed by atoms with Crippen LogP contribution < -0.4 is 20.4 Å². The molecule has 22 heteroatoms. The van der Waals surface area contributed by atoms with Gasteiger partial charge in [0.1, 0.15) is 16.5 Å². The molecule has 338 valence electrons. The largest absolute Gasteiger partial charge is 0.377 e. The molecule has 62 heavy (non-hydrogen) atoms. The van der Waals surface area contributed by atoms with Crippen LogP contribution in [0.2, 0.25) is 0 Å². The number of thiocarbonyl (C=S) groups is 1. The summed E-state index contributed by atoms with van der Waals surface area (Å²) in [7, 11) is -8.52. The Bertz CT molecular complexity index is 2330. The number of aliphatic hydroxyl groups excluding tert-OH is 1. The van der Waals surface area contributed by atoms with E-state index in [9.17, 15) is 38.9 Å². The lowest BCUT2D eigenvalue weighted by Gasteiger charge is -2.44. The number of piperazine rings is 1. The van der Waals surface area contributed by atoms with Crippen molar-refractivity contribution in [2.45, 2.75) is 101 Å². The van der Waals surface area contributed by atoms with Gasteiger partial charge in [0.15, 0.2) is 10.9 Å². The van der Waals surface area contributed by atoms with Crippen molar-refractivity contribution in [2.24, 2.45) is 7.05 Å². The van der Waals surface area contributed by atoms with Gasteiger partial charge in [-0.05, 0) is 95.9 Å². The maximum atomic E-state index is 13.9. The molecule has 3 saturated heterocycles. The van der Waals surface area contributed by atoms with E-state index in [0.717, 1.165) is 29.4 Å². The van der Waals surface area contributed by atoms with Crippen molar-refractivity contribution < 1.29 is 43.7 Å². The molecule has 3 atom stereocenters. The molecule has 4 aliphatic rings. The summed E-state index contributed by atoms with van der Waals surface area (Å²) in [5.41, 5.74) is -1.72. The Morgan fingerprint density at radius 2 is 1.76 bits per heavy atom. The number of ether oxygens (including phenoxy) is 1. The second kappa shape index (κ2) is 15.8. The molecule has 2 aromatic carbocycles. The van der Waals surface area contributed by atoms with Gasteiger partial charge in [0.05, 0.1) is 41.7 Å². The van der Waals surface area contributed by atoms with Gasteiger partial charge in [0.2, 0.25) is 18.2 Å². The molecule has 3 aromatic rings. The highest BCUT2D eigenvalue weighted by Crippen LogP contribution is 3.02. The summed E-state index contributed by atoms with van der Waals surface area (Å²) < 4.78 is 77.5. The summed E-state index contributed by atoms with van der Waals surface area (Å²) in [4.78, 5) is 45.1. The summed E-state index contributed by atoms with van der Waals surface area (Å²) in [6.07, 6.45) is 1.37. The van der Waals surface area contributed by atoms with Crippen LogP contribution in [0.3, 0.4) is 0 Å². The number of para-hydroxylation sites is 1. The zero-order valence-electron chi connectivity index (χ0n) is 35.0. The zero-order chi connectivity index (χ0) is 45.2. The molecule has 1 aliphatic carbocycles. The third kappa shape index (κ3) is 8.92. The van der Waals surface area contributed by atoms with Gasteiger partial charge in [-0.2, -0.15) is 10.4 Å². The van der Waals surface area contributed by atoms with E-state index in [1.807, 2.05) is 12.1 Å². The van der Waals surface area contributed by atoms with E-state index in [0.29, 0.717) is 68.5 Å². The molecule has 0 bridgehead atoms. The number of aryl methyl sites for hydroxylation is 1. The van der Waals surface area contributed by atoms with Gasteiger partial charge >= 0.3 is 10.2 Å². The SMILES string of the molecule is C[C@@H]1CN(CCOC2CCC(N3C(=S)N(c4ccc(C#N)c(S(F)(F)(F)(F)F)c4)C(=O)C3(C)C)CC2)C[C@H](C)N1CC(=O)Nc1cccc2c(N3CCC(=O)NC3O)nn(C)c12. The standard InChI is InChI=1S/C40H51F5N10O5S2/c1-24-21-51(22-25(2)53(24)23-34(57)47-31-8-6-7-30-35(31)50(5)49-36(30)52-16-15-33(56)48-38(52)59)17-18-60-29-13-11-27(12-14-29)55-39(61)54(37(58)40(55,3)4)28-10-9-26(20-46)32(19-28)62(41,42,43,44)45/h6-10,19,24-25,27,29,38,59H,11-18,21-23H2,1-5H3,(H,47,57)(H,48,56)/t24-,25+,27?,29?,38?. The van der Waals surface area contributed by atoms with Crippen molar-refractivity contribution in [3.8, 4) is 6.07 Å². The minimum absolute atomic E-state index is 0.0621. The molecular formula is C40H51F5N10O5S2. The maximum Gasteiger partial charge on any atom is 0.311 e. The molecule has 3 amide bonds. The predicted molar refractivity (Wildman–Crippen MR) is 228 cm³/mol. The lowest BCUT2D eigenvalue weighted by molar-refractivity contribution is -0.126. The molecular weight excluding hydrogens is 860 g/mol. The first-order valence-electron chi connectivity index (χ1n) is 20.4. The number of carbonyl (C=O) groups is 3. The van der Waals surface area contributed by atoms with E-state index >= 15 is 0 Å². The van der Waals surface area contributed by atoms with Crippen LogP contribution in [-0.2, 0) is 26.2 Å². The molecule has 15 nitrogen and oxygen atoms in total. The second-order valence-corrected chi connectivity index (χ2v) is 19.9. The Balaban J connectivity index is 0.893. The number of nitrogens with zero attached hydrogens (tertiary/aromatic N) is 8. The van der Waals surface area contributed by atoms with E-state index in [4.69, 9.17) is 22.2 Å². The topological polar surface area (TPSA) is 163 Å². The van der Waals surface area contributed by atoms with E-state index < -0.39 is 44.2 Å². The van der Waals surface area contributed by atoms with Crippen molar-refractivity contribution in [3.63, 3.8) is 0 Å². The number of aromatic nitrogens is 2. The van der Waals surface area contributed by atoms with Crippen molar-refractivity contribution >= 4 is 73.4 Å². The van der Waals surface area contributed by atoms with Crippen LogP contribution in [0.25, 0.3) is 10.9 Å². The van der Waals surface area contributed by atoms with Crippen LogP contribution in [0.15, 0.2) is 41.3 Å². The number of hydrogen-bond donors (Lipinski definition) is 3. The summed E-state index contributed by atoms with van der Waals surface area (Å²) in [6, 6.07) is 8.32. The lowest BCUT2D eigenvalue weighted by atomic mass is 9.89. The van der Waals surface area contributed by atoms with Gasteiger partial charge in [-0.15, -0.1) is 0 Å². The van der Waals surface area contributed by atoms with Crippen molar-refractivity contribution in [3.05, 3.63) is 42.0 Å². The third-order valence-electron chi connectivity index (χ3n) is 12.3.